The zero-order valence-electron chi connectivity index (χ0n) is 8.71. The minimum Gasteiger partial charge on any atom is -0.374 e. The lowest BCUT2D eigenvalue weighted by Gasteiger charge is -2.25. The summed E-state index contributed by atoms with van der Waals surface area (Å²) in [6.45, 7) is 0.865. The summed E-state index contributed by atoms with van der Waals surface area (Å²) < 4.78 is 18.7. The van der Waals surface area contributed by atoms with E-state index in [1.165, 1.54) is 18.6 Å². The van der Waals surface area contributed by atoms with Crippen LogP contribution >= 0.6 is 0 Å². The Balaban J connectivity index is 1.96. The molecule has 2 rings (SSSR count). The number of hydrogen-bond donors (Lipinski definition) is 1. The molecule has 0 heterocycles. The average molecular weight is 209 g/mol. The van der Waals surface area contributed by atoms with Gasteiger partial charge in [0, 0.05) is 6.54 Å². The normalized spacial score (nSPS) is 16.4. The van der Waals surface area contributed by atoms with E-state index in [0.717, 1.165) is 24.0 Å². The Morgan fingerprint density at radius 2 is 2.00 bits per heavy atom. The quantitative estimate of drug-likeness (QED) is 0.826. The first-order chi connectivity index (χ1) is 7.28. The molecule has 2 N–H and O–H groups in total. The fourth-order valence-corrected chi connectivity index (χ4v) is 1.67. The molecule has 0 amide bonds. The molecule has 0 saturated heterocycles. The molecule has 0 spiro atoms. The fraction of sp³-hybridized carbons (Fsp3) is 0.500. The zero-order chi connectivity index (χ0) is 10.7. The van der Waals surface area contributed by atoms with E-state index in [-0.39, 0.29) is 5.82 Å². The topological polar surface area (TPSA) is 35.2 Å². The summed E-state index contributed by atoms with van der Waals surface area (Å²) >= 11 is 0. The van der Waals surface area contributed by atoms with Crippen molar-refractivity contribution >= 4 is 0 Å². The van der Waals surface area contributed by atoms with Crippen molar-refractivity contribution in [3.8, 4) is 0 Å². The molecule has 1 aliphatic rings. The van der Waals surface area contributed by atoms with Gasteiger partial charge in [0.05, 0.1) is 12.7 Å². The van der Waals surface area contributed by atoms with Gasteiger partial charge in [-0.25, -0.2) is 4.39 Å². The maximum absolute atomic E-state index is 13.1. The van der Waals surface area contributed by atoms with Gasteiger partial charge >= 0.3 is 0 Å². The lowest BCUT2D eigenvalue weighted by Crippen LogP contribution is -2.21. The lowest BCUT2D eigenvalue weighted by molar-refractivity contribution is -0.00877. The van der Waals surface area contributed by atoms with Gasteiger partial charge in [-0.2, -0.15) is 0 Å². The van der Waals surface area contributed by atoms with Crippen LogP contribution in [0.3, 0.4) is 0 Å². The Morgan fingerprint density at radius 3 is 2.60 bits per heavy atom. The molecule has 1 fully saturated rings. The van der Waals surface area contributed by atoms with Crippen molar-refractivity contribution in [3.63, 3.8) is 0 Å². The fourth-order valence-electron chi connectivity index (χ4n) is 1.67. The largest absolute Gasteiger partial charge is 0.374 e. The first-order valence-corrected chi connectivity index (χ1v) is 5.38. The number of ether oxygens (including phenoxy) is 1. The van der Waals surface area contributed by atoms with Gasteiger partial charge in [0.2, 0.25) is 0 Å². The van der Waals surface area contributed by atoms with Gasteiger partial charge in [-0.3, -0.25) is 0 Å². The first kappa shape index (κ1) is 10.6. The van der Waals surface area contributed by atoms with E-state index < -0.39 is 0 Å². The summed E-state index contributed by atoms with van der Waals surface area (Å²) in [7, 11) is 0. The molecule has 1 aromatic rings. The highest BCUT2D eigenvalue weighted by atomic mass is 19.1. The molecule has 2 nitrogen and oxygen atoms in total. The Labute approximate surface area is 89.2 Å². The molecule has 0 aliphatic heterocycles. The third-order valence-electron chi connectivity index (χ3n) is 2.79. The first-order valence-electron chi connectivity index (χ1n) is 5.38. The molecule has 0 unspecified atom stereocenters. The smallest absolute Gasteiger partial charge is 0.123 e. The molecule has 15 heavy (non-hydrogen) atoms. The predicted octanol–water partition coefficient (Wildman–Crippen LogP) is 2.35. The Morgan fingerprint density at radius 1 is 1.27 bits per heavy atom. The van der Waals surface area contributed by atoms with E-state index in [4.69, 9.17) is 10.5 Å². The molecule has 0 bridgehead atoms. The summed E-state index contributed by atoms with van der Waals surface area (Å²) in [6, 6.07) is 4.88. The van der Waals surface area contributed by atoms with Crippen LogP contribution in [-0.4, -0.2) is 6.10 Å². The molecular weight excluding hydrogens is 193 g/mol. The zero-order valence-corrected chi connectivity index (χ0v) is 8.71. The molecule has 1 aromatic carbocycles. The van der Waals surface area contributed by atoms with Crippen molar-refractivity contribution in [2.45, 2.75) is 38.5 Å². The highest BCUT2D eigenvalue weighted by Crippen LogP contribution is 2.23. The van der Waals surface area contributed by atoms with Gasteiger partial charge in [0.15, 0.2) is 0 Å². The number of hydrogen-bond acceptors (Lipinski definition) is 2. The second-order valence-corrected chi connectivity index (χ2v) is 4.04. The van der Waals surface area contributed by atoms with Gasteiger partial charge in [-0.1, -0.05) is 6.07 Å². The van der Waals surface area contributed by atoms with Crippen molar-refractivity contribution in [1.82, 2.24) is 0 Å². The lowest BCUT2D eigenvalue weighted by atomic mass is 9.96. The van der Waals surface area contributed by atoms with E-state index in [1.807, 2.05) is 6.07 Å². The summed E-state index contributed by atoms with van der Waals surface area (Å²) in [5.74, 6) is -0.231. The predicted molar refractivity (Wildman–Crippen MR) is 56.7 cm³/mol. The standard InChI is InChI=1S/C12H16FNO/c13-11-5-9(7-14)4-10(6-11)8-15-12-2-1-3-12/h4-6,12H,1-3,7-8,14H2. The SMILES string of the molecule is NCc1cc(F)cc(COC2CCC2)c1. The van der Waals surface area contributed by atoms with Crippen LogP contribution in [0.4, 0.5) is 4.39 Å². The van der Waals surface area contributed by atoms with E-state index >= 15 is 0 Å². The number of benzene rings is 1. The second-order valence-electron chi connectivity index (χ2n) is 4.04. The summed E-state index contributed by atoms with van der Waals surface area (Å²) in [5, 5.41) is 0. The third-order valence-corrected chi connectivity index (χ3v) is 2.79. The van der Waals surface area contributed by atoms with Crippen molar-refractivity contribution in [2.24, 2.45) is 5.73 Å². The molecule has 1 saturated carbocycles. The molecule has 0 aromatic heterocycles. The maximum atomic E-state index is 13.1. The molecular formula is C12H16FNO. The van der Waals surface area contributed by atoms with Crippen LogP contribution in [0.2, 0.25) is 0 Å². The van der Waals surface area contributed by atoms with Crippen LogP contribution in [0, 0.1) is 5.82 Å². The van der Waals surface area contributed by atoms with Crippen molar-refractivity contribution in [2.75, 3.05) is 0 Å². The van der Waals surface area contributed by atoms with Crippen LogP contribution in [0.5, 0.6) is 0 Å². The van der Waals surface area contributed by atoms with Gasteiger partial charge in [0.25, 0.3) is 0 Å². The summed E-state index contributed by atoms with van der Waals surface area (Å²) in [6.07, 6.45) is 3.91. The van der Waals surface area contributed by atoms with Crippen molar-refractivity contribution in [3.05, 3.63) is 35.1 Å². The van der Waals surface area contributed by atoms with Crippen LogP contribution in [-0.2, 0) is 17.9 Å². The third kappa shape index (κ3) is 2.76. The van der Waals surface area contributed by atoms with E-state index in [1.54, 1.807) is 0 Å². The monoisotopic (exact) mass is 209 g/mol. The highest BCUT2D eigenvalue weighted by molar-refractivity contribution is 5.24. The molecule has 3 heteroatoms. The van der Waals surface area contributed by atoms with Crippen molar-refractivity contribution < 1.29 is 9.13 Å². The van der Waals surface area contributed by atoms with E-state index in [0.29, 0.717) is 19.3 Å². The molecule has 0 radical (unpaired) electrons. The molecule has 0 atom stereocenters. The summed E-state index contributed by atoms with van der Waals surface area (Å²) in [5.41, 5.74) is 7.17. The van der Waals surface area contributed by atoms with Crippen LogP contribution < -0.4 is 5.73 Å². The van der Waals surface area contributed by atoms with Crippen molar-refractivity contribution in [1.29, 1.82) is 0 Å². The van der Waals surface area contributed by atoms with Crippen LogP contribution in [0.1, 0.15) is 30.4 Å². The Bertz CT molecular complexity index is 336. The Kier molecular flexibility index (Phi) is 3.34. The maximum Gasteiger partial charge on any atom is 0.123 e. The molecule has 82 valence electrons. The number of rotatable bonds is 4. The minimum atomic E-state index is -0.231. The number of halogens is 1. The second kappa shape index (κ2) is 4.73. The number of nitrogens with two attached hydrogens (primary N) is 1. The van der Waals surface area contributed by atoms with Gasteiger partial charge in [0.1, 0.15) is 5.82 Å². The van der Waals surface area contributed by atoms with E-state index in [2.05, 4.69) is 0 Å². The van der Waals surface area contributed by atoms with Crippen LogP contribution in [0.25, 0.3) is 0 Å². The van der Waals surface area contributed by atoms with Gasteiger partial charge in [-0.15, -0.1) is 0 Å². The Hall–Kier alpha value is -0.930. The van der Waals surface area contributed by atoms with Crippen LogP contribution in [0.15, 0.2) is 18.2 Å². The molecule has 1 aliphatic carbocycles. The highest BCUT2D eigenvalue weighted by Gasteiger charge is 2.17. The average Bonchev–Trinajstić information content (AvgIpc) is 2.14. The van der Waals surface area contributed by atoms with Gasteiger partial charge in [-0.05, 0) is 42.5 Å². The van der Waals surface area contributed by atoms with Gasteiger partial charge < -0.3 is 10.5 Å². The minimum absolute atomic E-state index is 0.231. The van der Waals surface area contributed by atoms with E-state index in [9.17, 15) is 4.39 Å². The summed E-state index contributed by atoms with van der Waals surface area (Å²) in [4.78, 5) is 0.